The molecular weight excluding hydrogens is 441 g/mol. The summed E-state index contributed by atoms with van der Waals surface area (Å²) in [5.41, 5.74) is 1.84. The molecule has 0 radical (unpaired) electrons. The molecule has 0 bridgehead atoms. The first-order valence-electron chi connectivity index (χ1n) is 9.44. The van der Waals surface area contributed by atoms with Crippen LogP contribution in [0.25, 0.3) is 21.7 Å². The molecule has 1 aromatic heterocycles. The van der Waals surface area contributed by atoms with Crippen molar-refractivity contribution in [1.82, 2.24) is 9.29 Å². The zero-order chi connectivity index (χ0) is 19.1. The molecule has 0 spiro atoms. The van der Waals surface area contributed by atoms with Gasteiger partial charge in [0.2, 0.25) is 0 Å². The summed E-state index contributed by atoms with van der Waals surface area (Å²) < 4.78 is 27.9. The Morgan fingerprint density at radius 2 is 1.50 bits per heavy atom. The normalized spacial score (nSPS) is 14.3. The summed E-state index contributed by atoms with van der Waals surface area (Å²) in [6, 6.07) is 20.9. The fraction of sp³-hybridized carbons (Fsp3) is 0.182. The Morgan fingerprint density at radius 3 is 2.27 bits per heavy atom. The number of rotatable bonds is 3. The van der Waals surface area contributed by atoms with Gasteiger partial charge in [-0.3, -0.25) is 0 Å². The molecule has 8 heteroatoms. The Labute approximate surface area is 188 Å². The van der Waals surface area contributed by atoms with Gasteiger partial charge in [0, 0.05) is 43.4 Å². The number of piperazine rings is 1. The monoisotopic (exact) mass is 463 g/mol. The largest absolute Gasteiger partial charge is 0.369 e. The van der Waals surface area contributed by atoms with Crippen molar-refractivity contribution in [2.45, 2.75) is 4.90 Å². The van der Waals surface area contributed by atoms with Crippen LogP contribution in [-0.2, 0) is 10.0 Å². The van der Waals surface area contributed by atoms with Crippen LogP contribution in [0.3, 0.4) is 0 Å². The van der Waals surface area contributed by atoms with Gasteiger partial charge >= 0.3 is 0 Å². The summed E-state index contributed by atoms with van der Waals surface area (Å²) in [4.78, 5) is 2.63. The average molecular weight is 464 g/mol. The molecule has 1 fully saturated rings. The molecule has 5 nitrogen and oxygen atoms in total. The van der Waals surface area contributed by atoms with Crippen molar-refractivity contribution >= 4 is 62.2 Å². The van der Waals surface area contributed by atoms with Gasteiger partial charge in [-0.2, -0.15) is 0 Å². The lowest BCUT2D eigenvalue weighted by Crippen LogP contribution is -2.43. The molecule has 30 heavy (non-hydrogen) atoms. The molecule has 0 unspecified atom stereocenters. The smallest absolute Gasteiger partial charge is 0.268 e. The molecule has 0 aliphatic carbocycles. The van der Waals surface area contributed by atoms with E-state index in [-0.39, 0.29) is 24.8 Å². The molecule has 5 rings (SSSR count). The first-order chi connectivity index (χ1) is 13.6. The van der Waals surface area contributed by atoms with Crippen molar-refractivity contribution < 1.29 is 8.42 Å². The highest BCUT2D eigenvalue weighted by molar-refractivity contribution is 7.90. The molecule has 4 aromatic rings. The molecule has 1 saturated heterocycles. The van der Waals surface area contributed by atoms with Gasteiger partial charge in [0.1, 0.15) is 0 Å². The van der Waals surface area contributed by atoms with Gasteiger partial charge in [-0.05, 0) is 47.2 Å². The van der Waals surface area contributed by atoms with Crippen LogP contribution < -0.4 is 10.2 Å². The van der Waals surface area contributed by atoms with Crippen LogP contribution in [0.15, 0.2) is 77.8 Å². The van der Waals surface area contributed by atoms with Crippen molar-refractivity contribution in [2.24, 2.45) is 0 Å². The standard InChI is InChI=1S/C22H21N3O2S.2ClH/c26-28(27,21-7-5-17-3-1-2-4-18(17)16-21)25-12-9-19-15-20(6-8-22(19)25)24-13-10-23-11-14-24;;/h1-9,12,15-16,23H,10-11,13-14H2;2*1H. The lowest BCUT2D eigenvalue weighted by atomic mass is 10.1. The molecule has 1 aliphatic rings. The van der Waals surface area contributed by atoms with Crippen molar-refractivity contribution in [3.8, 4) is 0 Å². The molecule has 0 amide bonds. The van der Waals surface area contributed by atoms with E-state index in [9.17, 15) is 8.42 Å². The van der Waals surface area contributed by atoms with Crippen LogP contribution in [0.2, 0.25) is 0 Å². The third-order valence-corrected chi connectivity index (χ3v) is 7.08. The van der Waals surface area contributed by atoms with E-state index in [0.29, 0.717) is 10.4 Å². The Morgan fingerprint density at radius 1 is 0.767 bits per heavy atom. The molecule has 3 aromatic carbocycles. The van der Waals surface area contributed by atoms with E-state index < -0.39 is 10.0 Å². The maximum atomic E-state index is 13.3. The topological polar surface area (TPSA) is 54.3 Å². The van der Waals surface area contributed by atoms with Crippen LogP contribution in [0.1, 0.15) is 0 Å². The zero-order valence-electron chi connectivity index (χ0n) is 16.2. The molecule has 1 N–H and O–H groups in total. The third-order valence-electron chi connectivity index (χ3n) is 5.40. The minimum atomic E-state index is -3.66. The second-order valence-corrected chi connectivity index (χ2v) is 8.92. The van der Waals surface area contributed by atoms with Crippen LogP contribution in [0.5, 0.6) is 0 Å². The van der Waals surface area contributed by atoms with Gasteiger partial charge in [0.25, 0.3) is 10.0 Å². The van der Waals surface area contributed by atoms with Crippen LogP contribution in [0.4, 0.5) is 5.69 Å². The summed E-state index contributed by atoms with van der Waals surface area (Å²) >= 11 is 0. The molecule has 1 aliphatic heterocycles. The van der Waals surface area contributed by atoms with Gasteiger partial charge in [-0.25, -0.2) is 12.4 Å². The summed E-state index contributed by atoms with van der Waals surface area (Å²) in [5.74, 6) is 0. The first kappa shape index (κ1) is 22.4. The third kappa shape index (κ3) is 3.88. The number of halogens is 2. The van der Waals surface area contributed by atoms with Crippen LogP contribution in [0, 0.1) is 0 Å². The number of hydrogen-bond acceptors (Lipinski definition) is 4. The number of anilines is 1. The number of hydrogen-bond donors (Lipinski definition) is 1. The van der Waals surface area contributed by atoms with Gasteiger partial charge in [-0.15, -0.1) is 24.8 Å². The van der Waals surface area contributed by atoms with E-state index >= 15 is 0 Å². The number of fused-ring (bicyclic) bond motifs is 2. The summed E-state index contributed by atoms with van der Waals surface area (Å²) in [5, 5.41) is 6.23. The fourth-order valence-corrected chi connectivity index (χ4v) is 5.26. The average Bonchev–Trinajstić information content (AvgIpc) is 3.18. The van der Waals surface area contributed by atoms with E-state index in [4.69, 9.17) is 0 Å². The number of nitrogens with zero attached hydrogens (tertiary/aromatic N) is 2. The van der Waals surface area contributed by atoms with E-state index in [1.165, 1.54) is 3.97 Å². The SMILES string of the molecule is Cl.Cl.O=S(=O)(c1ccc2ccccc2c1)n1ccc2cc(N3CCNCC3)ccc21. The summed E-state index contributed by atoms with van der Waals surface area (Å²) in [6.45, 7) is 3.86. The minimum Gasteiger partial charge on any atom is -0.369 e. The van der Waals surface area contributed by atoms with Crippen molar-refractivity contribution in [2.75, 3.05) is 31.1 Å². The molecule has 2 heterocycles. The van der Waals surface area contributed by atoms with Crippen molar-refractivity contribution in [1.29, 1.82) is 0 Å². The van der Waals surface area contributed by atoms with Gasteiger partial charge in [-0.1, -0.05) is 30.3 Å². The second-order valence-electron chi connectivity index (χ2n) is 7.11. The van der Waals surface area contributed by atoms with Gasteiger partial charge in [0.05, 0.1) is 10.4 Å². The molecular formula is C22H23Cl2N3O2S. The Kier molecular flexibility index (Phi) is 6.62. The quantitative estimate of drug-likeness (QED) is 0.492. The summed E-state index contributed by atoms with van der Waals surface area (Å²) in [6.07, 6.45) is 1.65. The molecule has 0 atom stereocenters. The summed E-state index contributed by atoms with van der Waals surface area (Å²) in [7, 11) is -3.66. The van der Waals surface area contributed by atoms with Crippen molar-refractivity contribution in [3.05, 3.63) is 72.9 Å². The predicted octanol–water partition coefficient (Wildman–Crippen LogP) is 4.28. The first-order valence-corrected chi connectivity index (χ1v) is 10.9. The zero-order valence-corrected chi connectivity index (χ0v) is 18.6. The van der Waals surface area contributed by atoms with Crippen LogP contribution >= 0.6 is 24.8 Å². The van der Waals surface area contributed by atoms with E-state index in [0.717, 1.165) is 48.0 Å². The van der Waals surface area contributed by atoms with E-state index in [1.54, 1.807) is 18.3 Å². The molecule has 158 valence electrons. The second kappa shape index (κ2) is 8.86. The highest BCUT2D eigenvalue weighted by atomic mass is 35.5. The number of benzene rings is 3. The number of nitrogens with one attached hydrogen (secondary N) is 1. The lowest BCUT2D eigenvalue weighted by molar-refractivity contribution is 0.589. The maximum Gasteiger partial charge on any atom is 0.268 e. The maximum absolute atomic E-state index is 13.3. The van der Waals surface area contributed by atoms with Gasteiger partial charge in [0.15, 0.2) is 0 Å². The van der Waals surface area contributed by atoms with Crippen LogP contribution in [-0.4, -0.2) is 38.6 Å². The molecule has 0 saturated carbocycles. The minimum absolute atomic E-state index is 0. The Bertz CT molecular complexity index is 1280. The highest BCUT2D eigenvalue weighted by Gasteiger charge is 2.20. The Balaban J connectivity index is 0.00000128. The number of aromatic nitrogens is 1. The van der Waals surface area contributed by atoms with Gasteiger partial charge < -0.3 is 10.2 Å². The van der Waals surface area contributed by atoms with Crippen molar-refractivity contribution in [3.63, 3.8) is 0 Å². The fourth-order valence-electron chi connectivity index (χ4n) is 3.88. The predicted molar refractivity (Wildman–Crippen MR) is 128 cm³/mol. The van der Waals surface area contributed by atoms with E-state index in [1.807, 2.05) is 48.5 Å². The lowest BCUT2D eigenvalue weighted by Gasteiger charge is -2.29. The Hall–Kier alpha value is -2.25. The highest BCUT2D eigenvalue weighted by Crippen LogP contribution is 2.28. The van der Waals surface area contributed by atoms with E-state index in [2.05, 4.69) is 16.3 Å².